The third-order valence-electron chi connectivity index (χ3n) is 4.34. The molecule has 0 aliphatic heterocycles. The summed E-state index contributed by atoms with van der Waals surface area (Å²) in [6.07, 6.45) is 0.889. The maximum atomic E-state index is 13.1. The van der Waals surface area contributed by atoms with Crippen molar-refractivity contribution in [2.24, 2.45) is 0 Å². The van der Waals surface area contributed by atoms with Crippen LogP contribution < -0.4 is 15.0 Å². The molecule has 1 aromatic heterocycles. The molecule has 2 aromatic carbocycles. The van der Waals surface area contributed by atoms with Gasteiger partial charge in [0.05, 0.1) is 31.7 Å². The molecule has 0 amide bonds. The largest absolute Gasteiger partial charge is 0.493 e. The van der Waals surface area contributed by atoms with Crippen molar-refractivity contribution >= 4 is 22.7 Å². The van der Waals surface area contributed by atoms with E-state index in [1.54, 1.807) is 37.7 Å². The normalized spacial score (nSPS) is 11.0. The molecular weight excluding hydrogens is 376 g/mol. The van der Waals surface area contributed by atoms with Gasteiger partial charge in [-0.3, -0.25) is 9.36 Å². The Morgan fingerprint density at radius 3 is 2.57 bits per heavy atom. The van der Waals surface area contributed by atoms with Gasteiger partial charge >= 0.3 is 0 Å². The monoisotopic (exact) mass is 400 g/mol. The smallest absolute Gasteiger partial charge is 0.262 e. The molecule has 0 radical (unpaired) electrons. The van der Waals surface area contributed by atoms with Gasteiger partial charge in [0.2, 0.25) is 0 Å². The summed E-state index contributed by atoms with van der Waals surface area (Å²) >= 11 is 1.57. The molecule has 0 saturated heterocycles. The summed E-state index contributed by atoms with van der Waals surface area (Å²) in [6, 6.07) is 13.1. The van der Waals surface area contributed by atoms with Crippen LogP contribution in [0.5, 0.6) is 11.5 Å². The summed E-state index contributed by atoms with van der Waals surface area (Å²) in [5.74, 6) is 2.12. The van der Waals surface area contributed by atoms with Crippen LogP contribution in [0.1, 0.15) is 12.0 Å². The summed E-state index contributed by atoms with van der Waals surface area (Å²) in [4.78, 5) is 17.9. The van der Waals surface area contributed by atoms with E-state index >= 15 is 0 Å². The van der Waals surface area contributed by atoms with Crippen LogP contribution in [0, 0.1) is 0 Å². The number of nitrogens with zero attached hydrogens (tertiary/aromatic N) is 2. The summed E-state index contributed by atoms with van der Waals surface area (Å²) in [7, 11) is 4.89. The Kier molecular flexibility index (Phi) is 6.95. The molecule has 148 valence electrons. The lowest BCUT2D eigenvalue weighted by Gasteiger charge is -2.14. The first-order chi connectivity index (χ1) is 13.7. The second-order valence-corrected chi connectivity index (χ2v) is 7.25. The van der Waals surface area contributed by atoms with E-state index in [9.17, 15) is 4.79 Å². The van der Waals surface area contributed by atoms with Crippen LogP contribution in [0.15, 0.2) is 52.4 Å². The number of aromatic nitrogens is 2. The molecule has 1 heterocycles. The van der Waals surface area contributed by atoms with Gasteiger partial charge in [0, 0.05) is 19.5 Å². The Balaban J connectivity index is 2.00. The van der Waals surface area contributed by atoms with Gasteiger partial charge < -0.3 is 14.2 Å². The molecule has 3 aromatic rings. The molecule has 7 heteroatoms. The van der Waals surface area contributed by atoms with Gasteiger partial charge in [-0.2, -0.15) is 0 Å². The molecular formula is C21H24N2O4S. The van der Waals surface area contributed by atoms with Crippen LogP contribution >= 0.6 is 11.8 Å². The lowest BCUT2D eigenvalue weighted by Crippen LogP contribution is -2.24. The summed E-state index contributed by atoms with van der Waals surface area (Å²) < 4.78 is 17.5. The highest BCUT2D eigenvalue weighted by Crippen LogP contribution is 2.28. The Hall–Kier alpha value is -2.51. The Morgan fingerprint density at radius 1 is 1.04 bits per heavy atom. The Morgan fingerprint density at radius 2 is 1.82 bits per heavy atom. The predicted octanol–water partition coefficient (Wildman–Crippen LogP) is 3.59. The number of rotatable bonds is 9. The summed E-state index contributed by atoms with van der Waals surface area (Å²) in [5, 5.41) is 1.32. The van der Waals surface area contributed by atoms with Gasteiger partial charge in [0.15, 0.2) is 16.7 Å². The van der Waals surface area contributed by atoms with Gasteiger partial charge in [-0.1, -0.05) is 30.0 Å². The van der Waals surface area contributed by atoms with Gasteiger partial charge in [0.1, 0.15) is 0 Å². The van der Waals surface area contributed by atoms with Crippen LogP contribution in [0.3, 0.4) is 0 Å². The Bertz CT molecular complexity index is 1000. The van der Waals surface area contributed by atoms with Crippen molar-refractivity contribution in [2.45, 2.75) is 18.1 Å². The zero-order valence-electron chi connectivity index (χ0n) is 16.3. The molecule has 6 nitrogen and oxygen atoms in total. The predicted molar refractivity (Wildman–Crippen MR) is 112 cm³/mol. The quantitative estimate of drug-likeness (QED) is 0.311. The number of hydrogen-bond donors (Lipinski definition) is 0. The van der Waals surface area contributed by atoms with Gasteiger partial charge in [0.25, 0.3) is 5.56 Å². The second-order valence-electron chi connectivity index (χ2n) is 6.19. The van der Waals surface area contributed by atoms with Crippen molar-refractivity contribution in [2.75, 3.05) is 33.7 Å². The minimum atomic E-state index is -0.0466. The van der Waals surface area contributed by atoms with E-state index in [1.807, 2.05) is 42.5 Å². The van der Waals surface area contributed by atoms with E-state index in [4.69, 9.17) is 19.2 Å². The highest BCUT2D eigenvalue weighted by Gasteiger charge is 2.13. The minimum absolute atomic E-state index is 0.0466. The summed E-state index contributed by atoms with van der Waals surface area (Å²) in [5.41, 5.74) is 1.61. The lowest BCUT2D eigenvalue weighted by molar-refractivity contribution is 0.200. The first kappa shape index (κ1) is 20.2. The number of methoxy groups -OCH3 is 3. The van der Waals surface area contributed by atoms with Crippen LogP contribution in [-0.4, -0.2) is 43.2 Å². The minimum Gasteiger partial charge on any atom is -0.493 e. The zero-order chi connectivity index (χ0) is 19.9. The number of benzene rings is 2. The molecule has 0 N–H and O–H groups in total. The molecule has 0 spiro atoms. The highest BCUT2D eigenvalue weighted by atomic mass is 32.2. The number of hydrogen-bond acceptors (Lipinski definition) is 6. The molecule has 0 fully saturated rings. The van der Waals surface area contributed by atoms with Crippen molar-refractivity contribution < 1.29 is 14.2 Å². The van der Waals surface area contributed by atoms with Crippen molar-refractivity contribution in [1.82, 2.24) is 9.55 Å². The molecule has 0 aliphatic rings. The number of para-hydroxylation sites is 1. The van der Waals surface area contributed by atoms with Crippen molar-refractivity contribution in [3.8, 4) is 11.5 Å². The van der Waals surface area contributed by atoms with Crippen molar-refractivity contribution in [1.29, 1.82) is 0 Å². The molecule has 3 rings (SSSR count). The molecule has 0 aliphatic carbocycles. The SMILES string of the molecule is COCCCSc1nc2ccccc2c(=O)n1Cc1ccc(OC)c(OC)c1. The third kappa shape index (κ3) is 4.48. The van der Waals surface area contributed by atoms with Gasteiger partial charge in [-0.15, -0.1) is 0 Å². The van der Waals surface area contributed by atoms with Crippen molar-refractivity contribution in [3.63, 3.8) is 0 Å². The van der Waals surface area contributed by atoms with E-state index in [0.29, 0.717) is 40.7 Å². The van der Waals surface area contributed by atoms with E-state index in [-0.39, 0.29) is 5.56 Å². The van der Waals surface area contributed by atoms with E-state index in [0.717, 1.165) is 17.7 Å². The summed E-state index contributed by atoms with van der Waals surface area (Å²) in [6.45, 7) is 1.09. The second kappa shape index (κ2) is 9.61. The molecule has 0 saturated carbocycles. The fourth-order valence-corrected chi connectivity index (χ4v) is 3.84. The number of fused-ring (bicyclic) bond motifs is 1. The number of thioether (sulfide) groups is 1. The molecule has 0 bridgehead atoms. The van der Waals surface area contributed by atoms with E-state index < -0.39 is 0 Å². The van der Waals surface area contributed by atoms with Crippen molar-refractivity contribution in [3.05, 3.63) is 58.4 Å². The average molecular weight is 401 g/mol. The first-order valence-electron chi connectivity index (χ1n) is 9.00. The maximum absolute atomic E-state index is 13.1. The third-order valence-corrected chi connectivity index (χ3v) is 5.40. The van der Waals surface area contributed by atoms with E-state index in [2.05, 4.69) is 0 Å². The van der Waals surface area contributed by atoms with E-state index in [1.165, 1.54) is 0 Å². The fourth-order valence-electron chi connectivity index (χ4n) is 2.93. The first-order valence-corrected chi connectivity index (χ1v) is 9.98. The number of ether oxygens (including phenoxy) is 3. The lowest BCUT2D eigenvalue weighted by atomic mass is 10.2. The maximum Gasteiger partial charge on any atom is 0.262 e. The van der Waals surface area contributed by atoms with Gasteiger partial charge in [-0.25, -0.2) is 4.98 Å². The molecule has 0 unspecified atom stereocenters. The van der Waals surface area contributed by atoms with Gasteiger partial charge in [-0.05, 0) is 36.2 Å². The highest BCUT2D eigenvalue weighted by molar-refractivity contribution is 7.99. The van der Waals surface area contributed by atoms with Crippen LogP contribution in [0.4, 0.5) is 0 Å². The molecule has 28 heavy (non-hydrogen) atoms. The zero-order valence-corrected chi connectivity index (χ0v) is 17.1. The van der Waals surface area contributed by atoms with Crippen LogP contribution in [0.25, 0.3) is 10.9 Å². The average Bonchev–Trinajstić information content (AvgIpc) is 2.73. The Labute approximate surface area is 168 Å². The molecule has 0 atom stereocenters. The topological polar surface area (TPSA) is 62.6 Å². The fraction of sp³-hybridized carbons (Fsp3) is 0.333. The van der Waals surface area contributed by atoms with Crippen LogP contribution in [-0.2, 0) is 11.3 Å². The standard InChI is InChI=1S/C21H24N2O4S/c1-25-11-6-12-28-21-22-17-8-5-4-7-16(17)20(24)23(21)14-15-9-10-18(26-2)19(13-15)27-3/h4-5,7-10,13H,6,11-12,14H2,1-3H3. The van der Waals surface area contributed by atoms with Crippen LogP contribution in [0.2, 0.25) is 0 Å².